The number of rotatable bonds is 2. The van der Waals surface area contributed by atoms with Gasteiger partial charge in [-0.25, -0.2) is 19.4 Å². The van der Waals surface area contributed by atoms with Crippen molar-refractivity contribution in [3.63, 3.8) is 0 Å². The molecule has 8 nitrogen and oxygen atoms in total. The predicted octanol–water partition coefficient (Wildman–Crippen LogP) is 2.63. The van der Waals surface area contributed by atoms with Gasteiger partial charge in [0.2, 0.25) is 0 Å². The van der Waals surface area contributed by atoms with Gasteiger partial charge in [-0.05, 0) is 62.6 Å². The smallest absolute Gasteiger partial charge is 0.407 e. The summed E-state index contributed by atoms with van der Waals surface area (Å²) in [5.74, 6) is 0.442. The van der Waals surface area contributed by atoms with Crippen LogP contribution < -0.4 is 11.1 Å². The van der Waals surface area contributed by atoms with Crippen molar-refractivity contribution in [1.82, 2.24) is 25.1 Å². The molecule has 3 N–H and O–H groups in total. The summed E-state index contributed by atoms with van der Waals surface area (Å²) in [5, 5.41) is 8.32. The van der Waals surface area contributed by atoms with Gasteiger partial charge in [0.25, 0.3) is 0 Å². The summed E-state index contributed by atoms with van der Waals surface area (Å²) in [6.07, 6.45) is 3.66. The fourth-order valence-corrected chi connectivity index (χ4v) is 3.74. The fourth-order valence-electron chi connectivity index (χ4n) is 2.99. The molecule has 24 heavy (non-hydrogen) atoms. The lowest BCUT2D eigenvalue weighted by molar-refractivity contribution is 0.0504. The number of nitrogens with one attached hydrogen (secondary N) is 1. The highest BCUT2D eigenvalue weighted by atomic mass is 127. The molecule has 130 valence electrons. The number of carbonyl (C=O) groups is 1. The van der Waals surface area contributed by atoms with Crippen LogP contribution in [0.2, 0.25) is 0 Å². The monoisotopic (exact) mass is 444 g/mol. The van der Waals surface area contributed by atoms with E-state index in [-0.39, 0.29) is 18.2 Å². The molecule has 2 heterocycles. The van der Waals surface area contributed by atoms with Crippen LogP contribution >= 0.6 is 22.6 Å². The van der Waals surface area contributed by atoms with E-state index in [1.54, 1.807) is 0 Å². The summed E-state index contributed by atoms with van der Waals surface area (Å²) in [7, 11) is 0. The Bertz CT molecular complexity index is 769. The molecule has 0 radical (unpaired) electrons. The second kappa shape index (κ2) is 6.34. The maximum Gasteiger partial charge on any atom is 0.407 e. The Morgan fingerprint density at radius 1 is 1.42 bits per heavy atom. The molecule has 0 unspecified atom stereocenters. The van der Waals surface area contributed by atoms with Crippen LogP contribution in [-0.2, 0) is 4.74 Å². The summed E-state index contributed by atoms with van der Waals surface area (Å²) in [4.78, 5) is 20.3. The lowest BCUT2D eigenvalue weighted by atomic mass is 10.2. The third kappa shape index (κ3) is 3.55. The highest BCUT2D eigenvalue weighted by Gasteiger charge is 2.31. The molecule has 0 saturated heterocycles. The number of alkyl carbamates (subject to hydrolysis) is 1. The van der Waals surface area contributed by atoms with Gasteiger partial charge in [-0.2, -0.15) is 5.10 Å². The Labute approximate surface area is 153 Å². The van der Waals surface area contributed by atoms with E-state index in [0.717, 1.165) is 34.0 Å². The third-order valence-corrected chi connectivity index (χ3v) is 4.70. The first-order valence-electron chi connectivity index (χ1n) is 7.88. The van der Waals surface area contributed by atoms with Crippen molar-refractivity contribution >= 4 is 45.5 Å². The van der Waals surface area contributed by atoms with Gasteiger partial charge in [0.1, 0.15) is 21.4 Å². The van der Waals surface area contributed by atoms with Gasteiger partial charge in [0.15, 0.2) is 5.65 Å². The summed E-state index contributed by atoms with van der Waals surface area (Å²) in [6.45, 7) is 5.56. The number of nitrogens with two attached hydrogens (primary N) is 1. The second-order valence-corrected chi connectivity index (χ2v) is 8.02. The molecule has 2 aromatic heterocycles. The minimum atomic E-state index is -0.495. The maximum atomic E-state index is 11.9. The number of hydrogen-bond acceptors (Lipinski definition) is 6. The van der Waals surface area contributed by atoms with Crippen molar-refractivity contribution in [2.24, 2.45) is 0 Å². The molecule has 1 saturated carbocycles. The Morgan fingerprint density at radius 3 is 2.88 bits per heavy atom. The van der Waals surface area contributed by atoms with E-state index in [1.165, 1.54) is 6.33 Å². The van der Waals surface area contributed by atoms with Gasteiger partial charge in [-0.3, -0.25) is 0 Å². The van der Waals surface area contributed by atoms with Crippen LogP contribution in [0.5, 0.6) is 0 Å². The number of nitrogens with zero attached hydrogens (tertiary/aromatic N) is 4. The molecule has 0 spiro atoms. The van der Waals surface area contributed by atoms with E-state index in [0.29, 0.717) is 5.82 Å². The molecule has 0 bridgehead atoms. The number of hydrogen-bond donors (Lipinski definition) is 2. The van der Waals surface area contributed by atoms with E-state index in [2.05, 4.69) is 43.0 Å². The van der Waals surface area contributed by atoms with Crippen LogP contribution in [0.15, 0.2) is 6.33 Å². The molecule has 2 atom stereocenters. The number of halogens is 1. The SMILES string of the molecule is CC(C)(C)OC(=O)N[C@H]1CC[C@H](n2nc(I)c3c(N)ncnc32)C1. The normalized spacial score (nSPS) is 21.2. The summed E-state index contributed by atoms with van der Waals surface area (Å²) < 4.78 is 8.02. The van der Waals surface area contributed by atoms with Gasteiger partial charge in [-0.15, -0.1) is 0 Å². The number of aromatic nitrogens is 4. The average Bonchev–Trinajstić information content (AvgIpc) is 3.02. The number of carbonyl (C=O) groups excluding carboxylic acids is 1. The van der Waals surface area contributed by atoms with Gasteiger partial charge in [-0.1, -0.05) is 0 Å². The molecule has 0 aliphatic heterocycles. The first kappa shape index (κ1) is 17.2. The Morgan fingerprint density at radius 2 is 2.17 bits per heavy atom. The van der Waals surface area contributed by atoms with Crippen LogP contribution in [0.1, 0.15) is 46.1 Å². The van der Waals surface area contributed by atoms with Crippen molar-refractivity contribution in [1.29, 1.82) is 0 Å². The van der Waals surface area contributed by atoms with E-state index < -0.39 is 5.60 Å². The van der Waals surface area contributed by atoms with E-state index in [4.69, 9.17) is 10.5 Å². The Hall–Kier alpha value is -1.65. The van der Waals surface area contributed by atoms with Gasteiger partial charge in [0.05, 0.1) is 11.4 Å². The molecule has 3 rings (SSSR count). The lowest BCUT2D eigenvalue weighted by Gasteiger charge is -2.21. The van der Waals surface area contributed by atoms with Crippen LogP contribution in [0.25, 0.3) is 11.0 Å². The van der Waals surface area contributed by atoms with E-state index >= 15 is 0 Å². The first-order valence-corrected chi connectivity index (χ1v) is 8.96. The lowest BCUT2D eigenvalue weighted by Crippen LogP contribution is -2.38. The quantitative estimate of drug-likeness (QED) is 0.690. The Kier molecular flexibility index (Phi) is 4.54. The van der Waals surface area contributed by atoms with Crippen molar-refractivity contribution in [2.75, 3.05) is 5.73 Å². The number of amides is 1. The summed E-state index contributed by atoms with van der Waals surface area (Å²) in [5.41, 5.74) is 6.19. The molecule has 9 heteroatoms. The number of fused-ring (bicyclic) bond motifs is 1. The minimum Gasteiger partial charge on any atom is -0.444 e. The molecule has 1 fully saturated rings. The van der Waals surface area contributed by atoms with Crippen LogP contribution in [0.4, 0.5) is 10.6 Å². The first-order chi connectivity index (χ1) is 11.2. The molecule has 0 aromatic carbocycles. The minimum absolute atomic E-state index is 0.0703. The topological polar surface area (TPSA) is 108 Å². The molecule has 2 aromatic rings. The van der Waals surface area contributed by atoms with Crippen molar-refractivity contribution in [3.05, 3.63) is 10.0 Å². The van der Waals surface area contributed by atoms with Gasteiger partial charge in [0, 0.05) is 6.04 Å². The molecule has 1 aliphatic carbocycles. The Balaban J connectivity index is 1.73. The second-order valence-electron chi connectivity index (χ2n) is 7.00. The maximum absolute atomic E-state index is 11.9. The highest BCUT2D eigenvalue weighted by Crippen LogP contribution is 2.34. The van der Waals surface area contributed by atoms with E-state index in [9.17, 15) is 4.79 Å². The van der Waals surface area contributed by atoms with Crippen molar-refractivity contribution in [3.8, 4) is 0 Å². The van der Waals surface area contributed by atoms with E-state index in [1.807, 2.05) is 25.5 Å². The third-order valence-electron chi connectivity index (χ3n) is 3.95. The zero-order chi connectivity index (χ0) is 17.5. The zero-order valence-corrected chi connectivity index (χ0v) is 16.1. The van der Waals surface area contributed by atoms with Crippen molar-refractivity contribution in [2.45, 2.75) is 57.7 Å². The highest BCUT2D eigenvalue weighted by molar-refractivity contribution is 14.1. The van der Waals surface area contributed by atoms with Crippen LogP contribution in [0, 0.1) is 3.70 Å². The van der Waals surface area contributed by atoms with Crippen LogP contribution in [-0.4, -0.2) is 37.5 Å². The zero-order valence-electron chi connectivity index (χ0n) is 13.9. The average molecular weight is 444 g/mol. The summed E-state index contributed by atoms with van der Waals surface area (Å²) >= 11 is 2.15. The summed E-state index contributed by atoms with van der Waals surface area (Å²) in [6, 6.07) is 0.242. The van der Waals surface area contributed by atoms with Gasteiger partial charge < -0.3 is 15.8 Å². The molecule has 1 aliphatic rings. The largest absolute Gasteiger partial charge is 0.444 e. The predicted molar refractivity (Wildman–Crippen MR) is 98.5 cm³/mol. The number of nitrogen functional groups attached to an aromatic ring is 1. The van der Waals surface area contributed by atoms with Crippen molar-refractivity contribution < 1.29 is 9.53 Å². The van der Waals surface area contributed by atoms with Gasteiger partial charge >= 0.3 is 6.09 Å². The molecular weight excluding hydrogens is 423 g/mol. The molecule has 1 amide bonds. The standard InChI is InChI=1S/C15H21IN6O2/c1-15(2,3)24-14(23)20-8-4-5-9(6-8)22-13-10(11(16)21-22)12(17)18-7-19-13/h7-9H,4-6H2,1-3H3,(H,20,23)(H2,17,18,19)/t8-,9-/m0/s1. The fraction of sp³-hybridized carbons (Fsp3) is 0.600. The number of anilines is 1. The van der Waals surface area contributed by atoms with Crippen LogP contribution in [0.3, 0.4) is 0 Å². The molecular formula is C15H21IN6O2. The number of ether oxygens (including phenoxy) is 1.